The van der Waals surface area contributed by atoms with Gasteiger partial charge in [0.05, 0.1) is 6.54 Å². The lowest BCUT2D eigenvalue weighted by Gasteiger charge is -1.98. The second-order valence-corrected chi connectivity index (χ2v) is 3.71. The maximum Gasteiger partial charge on any atom is 0.320 e. The Morgan fingerprint density at radius 2 is 2.17 bits per heavy atom. The van der Waals surface area contributed by atoms with Crippen molar-refractivity contribution in [2.45, 2.75) is 6.92 Å². The van der Waals surface area contributed by atoms with Gasteiger partial charge in [-0.2, -0.15) is 0 Å². The summed E-state index contributed by atoms with van der Waals surface area (Å²) in [5.41, 5.74) is 0. The van der Waals surface area contributed by atoms with Crippen molar-refractivity contribution >= 4 is 16.0 Å². The zero-order chi connectivity index (χ0) is 9.61. The van der Waals surface area contributed by atoms with Crippen molar-refractivity contribution in [1.29, 1.82) is 0 Å². The van der Waals surface area contributed by atoms with E-state index in [0.29, 0.717) is 0 Å². The zero-order valence-electron chi connectivity index (χ0n) is 6.49. The number of hydrogen-bond acceptors (Lipinski definition) is 3. The summed E-state index contributed by atoms with van der Waals surface area (Å²) in [5, 5.41) is 8.15. The van der Waals surface area contributed by atoms with E-state index >= 15 is 0 Å². The largest absolute Gasteiger partial charge is 0.480 e. The van der Waals surface area contributed by atoms with Crippen LogP contribution in [0.1, 0.15) is 6.92 Å². The molecule has 0 fully saturated rings. The van der Waals surface area contributed by atoms with Crippen LogP contribution in [0.3, 0.4) is 0 Å². The molecular formula is C6H9NO4S. The second-order valence-electron chi connectivity index (χ2n) is 1.90. The maximum absolute atomic E-state index is 10.8. The predicted molar refractivity (Wildman–Crippen MR) is 42.9 cm³/mol. The van der Waals surface area contributed by atoms with E-state index in [2.05, 4.69) is 11.8 Å². The average Bonchev–Trinajstić information content (AvgIpc) is 1.84. The average molecular weight is 191 g/mol. The number of sulfonamides is 1. The Morgan fingerprint density at radius 1 is 1.58 bits per heavy atom. The first-order chi connectivity index (χ1) is 5.48. The summed E-state index contributed by atoms with van der Waals surface area (Å²) in [6.07, 6.45) is 0. The number of nitrogens with one attached hydrogen (secondary N) is 1. The molecule has 0 unspecified atom stereocenters. The minimum Gasteiger partial charge on any atom is -0.480 e. The van der Waals surface area contributed by atoms with Gasteiger partial charge in [0.2, 0.25) is 10.0 Å². The van der Waals surface area contributed by atoms with Gasteiger partial charge in [-0.15, -0.1) is 5.92 Å². The topological polar surface area (TPSA) is 83.5 Å². The van der Waals surface area contributed by atoms with Crippen molar-refractivity contribution in [3.05, 3.63) is 0 Å². The molecule has 0 amide bonds. The number of hydrogen-bond donors (Lipinski definition) is 2. The molecular weight excluding hydrogens is 182 g/mol. The van der Waals surface area contributed by atoms with Crippen LogP contribution >= 0.6 is 0 Å². The van der Waals surface area contributed by atoms with E-state index < -0.39 is 21.7 Å². The van der Waals surface area contributed by atoms with Gasteiger partial charge in [0.1, 0.15) is 0 Å². The van der Waals surface area contributed by atoms with Crippen molar-refractivity contribution < 1.29 is 18.3 Å². The Morgan fingerprint density at radius 3 is 2.58 bits per heavy atom. The van der Waals surface area contributed by atoms with Gasteiger partial charge >= 0.3 is 5.97 Å². The highest BCUT2D eigenvalue weighted by atomic mass is 32.2. The van der Waals surface area contributed by atoms with Crippen LogP contribution in [0.2, 0.25) is 0 Å². The molecule has 2 N–H and O–H groups in total. The molecule has 0 aromatic carbocycles. The molecule has 0 aliphatic rings. The highest BCUT2D eigenvalue weighted by Crippen LogP contribution is 1.81. The fourth-order valence-electron chi connectivity index (χ4n) is 0.448. The number of carbonyl (C=O) groups is 1. The lowest BCUT2D eigenvalue weighted by atomic mass is 10.6. The molecule has 68 valence electrons. The summed E-state index contributed by atoms with van der Waals surface area (Å²) in [4.78, 5) is 9.99. The molecule has 0 saturated heterocycles. The van der Waals surface area contributed by atoms with Gasteiger partial charge in [0.15, 0.2) is 5.75 Å². The van der Waals surface area contributed by atoms with Gasteiger partial charge in [-0.25, -0.2) is 13.1 Å². The van der Waals surface area contributed by atoms with Gasteiger partial charge in [0.25, 0.3) is 0 Å². The van der Waals surface area contributed by atoms with E-state index in [0.717, 1.165) is 0 Å². The van der Waals surface area contributed by atoms with Gasteiger partial charge in [-0.05, 0) is 6.92 Å². The van der Waals surface area contributed by atoms with Crippen LogP contribution in [0.25, 0.3) is 0 Å². The van der Waals surface area contributed by atoms with Gasteiger partial charge in [-0.3, -0.25) is 4.79 Å². The van der Waals surface area contributed by atoms with Crippen molar-refractivity contribution in [2.24, 2.45) is 0 Å². The van der Waals surface area contributed by atoms with Crippen LogP contribution in [0.4, 0.5) is 0 Å². The summed E-state index contributed by atoms with van der Waals surface area (Å²) >= 11 is 0. The monoisotopic (exact) mass is 191 g/mol. The quantitative estimate of drug-likeness (QED) is 0.559. The van der Waals surface area contributed by atoms with Crippen molar-refractivity contribution in [3.8, 4) is 11.8 Å². The third-order valence-electron chi connectivity index (χ3n) is 0.871. The van der Waals surface area contributed by atoms with Gasteiger partial charge in [0, 0.05) is 0 Å². The summed E-state index contributed by atoms with van der Waals surface area (Å²) in [7, 11) is -3.71. The fraction of sp³-hybridized carbons (Fsp3) is 0.500. The lowest BCUT2D eigenvalue weighted by molar-refractivity contribution is -0.134. The molecule has 0 aromatic rings. The van der Waals surface area contributed by atoms with Crippen LogP contribution in [-0.2, 0) is 14.8 Å². The van der Waals surface area contributed by atoms with Crippen molar-refractivity contribution in [1.82, 2.24) is 4.72 Å². The van der Waals surface area contributed by atoms with E-state index in [4.69, 9.17) is 5.11 Å². The van der Waals surface area contributed by atoms with Crippen molar-refractivity contribution in [2.75, 3.05) is 12.3 Å². The number of carboxylic acids is 1. The molecule has 6 heteroatoms. The molecule has 0 bridgehead atoms. The predicted octanol–water partition coefficient (Wildman–Crippen LogP) is -0.986. The Kier molecular flexibility index (Phi) is 4.33. The van der Waals surface area contributed by atoms with Crippen LogP contribution in [0.5, 0.6) is 0 Å². The lowest BCUT2D eigenvalue weighted by Crippen LogP contribution is -2.30. The van der Waals surface area contributed by atoms with Crippen molar-refractivity contribution in [3.63, 3.8) is 0 Å². The van der Waals surface area contributed by atoms with E-state index in [1.54, 1.807) is 6.92 Å². The third-order valence-corrected chi connectivity index (χ3v) is 2.08. The van der Waals surface area contributed by atoms with Crippen LogP contribution < -0.4 is 4.72 Å². The summed E-state index contributed by atoms with van der Waals surface area (Å²) in [5.74, 6) is 2.61. The highest BCUT2D eigenvalue weighted by Gasteiger charge is 2.13. The first-order valence-electron chi connectivity index (χ1n) is 3.06. The van der Waals surface area contributed by atoms with Crippen LogP contribution in [-0.4, -0.2) is 31.8 Å². The molecule has 0 rings (SSSR count). The Bertz CT molecular complexity index is 308. The molecule has 0 aliphatic heterocycles. The summed E-state index contributed by atoms with van der Waals surface area (Å²) < 4.78 is 23.5. The number of carboxylic acid groups (broad SMARTS) is 1. The second kappa shape index (κ2) is 4.74. The zero-order valence-corrected chi connectivity index (χ0v) is 7.31. The standard InChI is InChI=1S/C6H9NO4S/c1-2-3-4-7-12(10,11)5-6(8)9/h7H,4-5H2,1H3,(H,8,9). The number of rotatable bonds is 4. The van der Waals surface area contributed by atoms with Crippen LogP contribution in [0, 0.1) is 11.8 Å². The Hall–Kier alpha value is -1.06. The molecule has 0 aromatic heterocycles. The van der Waals surface area contributed by atoms with Gasteiger partial charge < -0.3 is 5.11 Å². The molecule has 12 heavy (non-hydrogen) atoms. The summed E-state index contributed by atoms with van der Waals surface area (Å²) in [6.45, 7) is 1.51. The maximum atomic E-state index is 10.8. The van der Waals surface area contributed by atoms with E-state index in [1.165, 1.54) is 0 Å². The Balaban J connectivity index is 4.03. The van der Waals surface area contributed by atoms with E-state index in [-0.39, 0.29) is 6.54 Å². The highest BCUT2D eigenvalue weighted by molar-refractivity contribution is 7.90. The minimum atomic E-state index is -3.71. The summed E-state index contributed by atoms with van der Waals surface area (Å²) in [6, 6.07) is 0. The molecule has 0 spiro atoms. The smallest absolute Gasteiger partial charge is 0.320 e. The SMILES string of the molecule is CC#CCNS(=O)(=O)CC(=O)O. The fourth-order valence-corrected chi connectivity index (χ4v) is 1.17. The van der Waals surface area contributed by atoms with Gasteiger partial charge in [-0.1, -0.05) is 5.92 Å². The van der Waals surface area contributed by atoms with E-state index in [1.807, 2.05) is 4.72 Å². The van der Waals surface area contributed by atoms with Crippen LogP contribution in [0.15, 0.2) is 0 Å². The molecule has 5 nitrogen and oxygen atoms in total. The molecule has 0 atom stereocenters. The Labute approximate surface area is 70.8 Å². The molecule has 0 aliphatic carbocycles. The minimum absolute atomic E-state index is 0.0495. The normalized spacial score (nSPS) is 10.1. The molecule has 0 heterocycles. The molecule has 0 saturated carbocycles. The first-order valence-corrected chi connectivity index (χ1v) is 4.72. The van der Waals surface area contributed by atoms with E-state index in [9.17, 15) is 13.2 Å². The number of aliphatic carboxylic acids is 1. The third kappa shape index (κ3) is 5.70. The first kappa shape index (κ1) is 10.9. The molecule has 0 radical (unpaired) electrons.